The second-order valence-corrected chi connectivity index (χ2v) is 2.29. The van der Waals surface area contributed by atoms with Crippen molar-refractivity contribution in [2.75, 3.05) is 0 Å². The monoisotopic (exact) mass is 138 g/mol. The van der Waals surface area contributed by atoms with Gasteiger partial charge in [0, 0.05) is 0 Å². The first kappa shape index (κ1) is 9.15. The lowest BCUT2D eigenvalue weighted by Gasteiger charge is -1.96. The Balaban J connectivity index is 3.54. The average molecular weight is 138 g/mol. The molecule has 0 aliphatic heterocycles. The lowest BCUT2D eigenvalue weighted by Crippen LogP contribution is -1.82. The van der Waals surface area contributed by atoms with Gasteiger partial charge in [-0.15, -0.1) is 0 Å². The lowest BCUT2D eigenvalue weighted by atomic mass is 10.1. The van der Waals surface area contributed by atoms with E-state index in [0.29, 0.717) is 5.92 Å². The molecule has 56 valence electrons. The van der Waals surface area contributed by atoms with Crippen LogP contribution in [0.25, 0.3) is 0 Å². The highest BCUT2D eigenvalue weighted by Crippen LogP contribution is 2.01. The predicted octanol–water partition coefficient (Wildman–Crippen LogP) is 2.34. The SMILES string of the molecule is CCC(C)/C=C/C=C/C=O. The Morgan fingerprint density at radius 1 is 1.30 bits per heavy atom. The molecule has 0 spiro atoms. The number of hydrogen-bond acceptors (Lipinski definition) is 1. The molecule has 0 bridgehead atoms. The molecule has 0 aromatic carbocycles. The van der Waals surface area contributed by atoms with Crippen LogP contribution < -0.4 is 0 Å². The molecule has 1 atom stereocenters. The van der Waals surface area contributed by atoms with Crippen molar-refractivity contribution in [2.45, 2.75) is 20.3 Å². The summed E-state index contributed by atoms with van der Waals surface area (Å²) in [5.41, 5.74) is 0. The minimum absolute atomic E-state index is 0.608. The van der Waals surface area contributed by atoms with Crippen LogP contribution in [0.5, 0.6) is 0 Å². The zero-order valence-electron chi connectivity index (χ0n) is 6.58. The van der Waals surface area contributed by atoms with Crippen LogP contribution in [0.15, 0.2) is 24.3 Å². The maximum Gasteiger partial charge on any atom is 0.142 e. The quantitative estimate of drug-likeness (QED) is 0.331. The summed E-state index contributed by atoms with van der Waals surface area (Å²) in [4.78, 5) is 9.80. The number of allylic oxidation sites excluding steroid dienone is 4. The Morgan fingerprint density at radius 3 is 2.50 bits per heavy atom. The molecule has 0 amide bonds. The van der Waals surface area contributed by atoms with E-state index >= 15 is 0 Å². The third-order valence-corrected chi connectivity index (χ3v) is 1.38. The van der Waals surface area contributed by atoms with Gasteiger partial charge in [0.2, 0.25) is 0 Å². The van der Waals surface area contributed by atoms with Gasteiger partial charge in [-0.2, -0.15) is 0 Å². The van der Waals surface area contributed by atoms with Crippen molar-refractivity contribution in [1.82, 2.24) is 0 Å². The minimum atomic E-state index is 0.608. The number of carbonyl (C=O) groups excluding carboxylic acids is 1. The fraction of sp³-hybridized carbons (Fsp3) is 0.444. The highest BCUT2D eigenvalue weighted by Gasteiger charge is 1.86. The van der Waals surface area contributed by atoms with E-state index in [1.54, 1.807) is 6.08 Å². The zero-order chi connectivity index (χ0) is 7.82. The third-order valence-electron chi connectivity index (χ3n) is 1.38. The van der Waals surface area contributed by atoms with Crippen LogP contribution in [0.1, 0.15) is 20.3 Å². The van der Waals surface area contributed by atoms with E-state index in [4.69, 9.17) is 0 Å². The first-order valence-corrected chi connectivity index (χ1v) is 3.60. The van der Waals surface area contributed by atoms with Gasteiger partial charge >= 0.3 is 0 Å². The minimum Gasteiger partial charge on any atom is -0.299 e. The van der Waals surface area contributed by atoms with Crippen molar-refractivity contribution in [3.8, 4) is 0 Å². The van der Waals surface area contributed by atoms with Crippen molar-refractivity contribution in [3.63, 3.8) is 0 Å². The molecule has 0 saturated heterocycles. The van der Waals surface area contributed by atoms with Crippen LogP contribution in [-0.2, 0) is 4.79 Å². The first-order chi connectivity index (χ1) is 4.81. The highest BCUT2D eigenvalue weighted by atomic mass is 16.1. The summed E-state index contributed by atoms with van der Waals surface area (Å²) in [5, 5.41) is 0. The summed E-state index contributed by atoms with van der Waals surface area (Å²) in [6.45, 7) is 4.28. The second-order valence-electron chi connectivity index (χ2n) is 2.29. The van der Waals surface area contributed by atoms with Gasteiger partial charge in [-0.1, -0.05) is 38.5 Å². The van der Waals surface area contributed by atoms with Crippen LogP contribution >= 0.6 is 0 Å². The molecule has 0 aromatic rings. The van der Waals surface area contributed by atoms with Crippen LogP contribution in [0.3, 0.4) is 0 Å². The van der Waals surface area contributed by atoms with Crippen LogP contribution in [0.2, 0.25) is 0 Å². The van der Waals surface area contributed by atoms with Gasteiger partial charge in [-0.25, -0.2) is 0 Å². The molecule has 0 radical (unpaired) electrons. The van der Waals surface area contributed by atoms with Gasteiger partial charge in [0.1, 0.15) is 6.29 Å². The largest absolute Gasteiger partial charge is 0.299 e. The maximum atomic E-state index is 9.80. The second kappa shape index (κ2) is 6.27. The van der Waals surface area contributed by atoms with E-state index < -0.39 is 0 Å². The normalized spacial score (nSPS) is 14.6. The van der Waals surface area contributed by atoms with E-state index in [2.05, 4.69) is 19.9 Å². The van der Waals surface area contributed by atoms with Crippen molar-refractivity contribution in [2.24, 2.45) is 5.92 Å². The van der Waals surface area contributed by atoms with Crippen molar-refractivity contribution >= 4 is 6.29 Å². The summed E-state index contributed by atoms with van der Waals surface area (Å²) >= 11 is 0. The average Bonchev–Trinajstić information content (AvgIpc) is 1.98. The molecule has 1 unspecified atom stereocenters. The molecule has 1 nitrogen and oxygen atoms in total. The molecular weight excluding hydrogens is 124 g/mol. The molecule has 0 aromatic heterocycles. The van der Waals surface area contributed by atoms with Crippen LogP contribution in [0.4, 0.5) is 0 Å². The summed E-state index contributed by atoms with van der Waals surface area (Å²) in [6.07, 6.45) is 9.15. The fourth-order valence-electron chi connectivity index (χ4n) is 0.499. The Labute approximate surface area is 62.4 Å². The summed E-state index contributed by atoms with van der Waals surface area (Å²) in [6, 6.07) is 0. The van der Waals surface area contributed by atoms with Crippen molar-refractivity contribution < 1.29 is 4.79 Å². The molecule has 0 N–H and O–H groups in total. The van der Waals surface area contributed by atoms with E-state index in [9.17, 15) is 4.79 Å². The standard InChI is InChI=1S/C9H14O/c1-3-9(2)7-5-4-6-8-10/h4-9H,3H2,1-2H3/b6-4+,7-5+. The molecule has 1 heteroatoms. The Hall–Kier alpha value is -0.850. The van der Waals surface area contributed by atoms with Gasteiger partial charge < -0.3 is 0 Å². The van der Waals surface area contributed by atoms with Gasteiger partial charge in [0.15, 0.2) is 0 Å². The van der Waals surface area contributed by atoms with E-state index in [-0.39, 0.29) is 0 Å². The fourth-order valence-corrected chi connectivity index (χ4v) is 0.499. The topological polar surface area (TPSA) is 17.1 Å². The molecule has 0 saturated carbocycles. The van der Waals surface area contributed by atoms with Gasteiger partial charge in [0.25, 0.3) is 0 Å². The third kappa shape index (κ3) is 5.29. The summed E-state index contributed by atoms with van der Waals surface area (Å²) in [5.74, 6) is 0.608. The van der Waals surface area contributed by atoms with Crippen LogP contribution in [-0.4, -0.2) is 6.29 Å². The summed E-state index contributed by atoms with van der Waals surface area (Å²) < 4.78 is 0. The van der Waals surface area contributed by atoms with Crippen molar-refractivity contribution in [3.05, 3.63) is 24.3 Å². The maximum absolute atomic E-state index is 9.80. The molecule has 0 heterocycles. The Kier molecular flexibility index (Phi) is 5.74. The number of rotatable bonds is 4. The molecule has 0 rings (SSSR count). The molecule has 0 aliphatic carbocycles. The molecule has 10 heavy (non-hydrogen) atoms. The highest BCUT2D eigenvalue weighted by molar-refractivity contribution is 5.65. The first-order valence-electron chi connectivity index (χ1n) is 3.60. The number of carbonyl (C=O) groups is 1. The van der Waals surface area contributed by atoms with Gasteiger partial charge in [-0.05, 0) is 12.0 Å². The molecule has 0 fully saturated rings. The van der Waals surface area contributed by atoms with E-state index in [1.165, 1.54) is 6.08 Å². The zero-order valence-corrected chi connectivity index (χ0v) is 6.58. The van der Waals surface area contributed by atoms with E-state index in [0.717, 1.165) is 12.7 Å². The number of hydrogen-bond donors (Lipinski definition) is 0. The lowest BCUT2D eigenvalue weighted by molar-refractivity contribution is -0.104. The predicted molar refractivity (Wildman–Crippen MR) is 43.8 cm³/mol. The Bertz CT molecular complexity index is 134. The Morgan fingerprint density at radius 2 is 2.00 bits per heavy atom. The number of aldehydes is 1. The summed E-state index contributed by atoms with van der Waals surface area (Å²) in [7, 11) is 0. The van der Waals surface area contributed by atoms with Crippen molar-refractivity contribution in [1.29, 1.82) is 0 Å². The van der Waals surface area contributed by atoms with E-state index in [1.807, 2.05) is 6.08 Å². The molecular formula is C9H14O. The van der Waals surface area contributed by atoms with Gasteiger partial charge in [0.05, 0.1) is 0 Å². The smallest absolute Gasteiger partial charge is 0.142 e. The van der Waals surface area contributed by atoms with Gasteiger partial charge in [-0.3, -0.25) is 4.79 Å². The van der Waals surface area contributed by atoms with Crippen LogP contribution in [0, 0.1) is 5.92 Å². The molecule has 0 aliphatic rings.